The number of rotatable bonds is 4. The number of amides is 2. The van der Waals surface area contributed by atoms with E-state index in [2.05, 4.69) is 4.74 Å². The molecule has 0 aliphatic rings. The zero-order valence-electron chi connectivity index (χ0n) is 12.5. The van der Waals surface area contributed by atoms with Crippen molar-refractivity contribution in [3.8, 4) is 0 Å². The number of anilines is 1. The monoisotopic (exact) mass is 383 g/mol. The van der Waals surface area contributed by atoms with Crippen molar-refractivity contribution in [2.75, 3.05) is 11.3 Å². The molecule has 1 aromatic carbocycles. The first-order valence-electron chi connectivity index (χ1n) is 6.44. The normalized spacial score (nSPS) is 11.4. The fraction of sp³-hybridized carbons (Fsp3) is 0.250. The molecule has 0 fully saturated rings. The summed E-state index contributed by atoms with van der Waals surface area (Å²) in [4.78, 5) is 33.9. The molecule has 0 saturated carbocycles. The van der Waals surface area contributed by atoms with Gasteiger partial charge in [-0.3, -0.25) is 25.2 Å². The molecule has 9 nitrogen and oxygen atoms in total. The summed E-state index contributed by atoms with van der Waals surface area (Å²) in [6.07, 6.45) is 0. The van der Waals surface area contributed by atoms with Crippen LogP contribution in [0.3, 0.4) is 0 Å². The van der Waals surface area contributed by atoms with Crippen molar-refractivity contribution in [1.82, 2.24) is 10.9 Å². The first-order chi connectivity index (χ1) is 11.5. The molecule has 0 spiro atoms. The van der Waals surface area contributed by atoms with Crippen LogP contribution in [0.15, 0.2) is 24.3 Å². The summed E-state index contributed by atoms with van der Waals surface area (Å²) >= 11 is 0. The average Bonchev–Trinajstić information content (AvgIpc) is 2.51. The van der Waals surface area contributed by atoms with Gasteiger partial charge in [0.05, 0.1) is 6.61 Å². The van der Waals surface area contributed by atoms with E-state index in [1.165, 1.54) is 11.6 Å². The molecule has 0 heterocycles. The van der Waals surface area contributed by atoms with Crippen molar-refractivity contribution >= 4 is 33.5 Å². The zero-order chi connectivity index (χ0) is 19.3. The number of hydrazine groups is 1. The van der Waals surface area contributed by atoms with Gasteiger partial charge in [-0.1, -0.05) is 0 Å². The molecule has 0 aromatic heterocycles. The third-order valence-electron chi connectivity index (χ3n) is 2.45. The van der Waals surface area contributed by atoms with Crippen LogP contribution in [-0.2, 0) is 24.3 Å². The second-order valence-corrected chi connectivity index (χ2v) is 5.93. The number of hydrogen-bond donors (Lipinski definition) is 3. The third-order valence-corrected chi connectivity index (χ3v) is 3.57. The van der Waals surface area contributed by atoms with Gasteiger partial charge >= 0.3 is 27.4 Å². The SMILES string of the molecule is CCOC(=O)C(=O)NNC(=O)c1ccc(NS(=O)(=O)C(F)(F)F)cc1. The highest BCUT2D eigenvalue weighted by molar-refractivity contribution is 7.93. The molecule has 1 aromatic rings. The summed E-state index contributed by atoms with van der Waals surface area (Å²) < 4.78 is 64.2. The van der Waals surface area contributed by atoms with E-state index in [-0.39, 0.29) is 12.2 Å². The van der Waals surface area contributed by atoms with Gasteiger partial charge < -0.3 is 4.74 Å². The molecule has 0 saturated heterocycles. The number of benzene rings is 1. The van der Waals surface area contributed by atoms with E-state index >= 15 is 0 Å². The number of hydrogen-bond acceptors (Lipinski definition) is 6. The van der Waals surface area contributed by atoms with E-state index < -0.39 is 39.0 Å². The molecule has 0 aliphatic heterocycles. The Morgan fingerprint density at radius 2 is 1.64 bits per heavy atom. The van der Waals surface area contributed by atoms with Crippen molar-refractivity contribution in [3.63, 3.8) is 0 Å². The second kappa shape index (κ2) is 7.83. The van der Waals surface area contributed by atoms with Gasteiger partial charge in [-0.2, -0.15) is 21.6 Å². The molecule has 3 N–H and O–H groups in total. The van der Waals surface area contributed by atoms with Gasteiger partial charge in [0.2, 0.25) is 0 Å². The Labute approximate surface area is 139 Å². The van der Waals surface area contributed by atoms with Crippen molar-refractivity contribution < 1.29 is 40.7 Å². The van der Waals surface area contributed by atoms with Crippen LogP contribution in [0.1, 0.15) is 17.3 Å². The van der Waals surface area contributed by atoms with Gasteiger partial charge in [0.25, 0.3) is 5.91 Å². The molecule has 0 unspecified atom stereocenters. The van der Waals surface area contributed by atoms with Crippen LogP contribution >= 0.6 is 0 Å². The van der Waals surface area contributed by atoms with Crippen molar-refractivity contribution in [2.24, 2.45) is 0 Å². The Morgan fingerprint density at radius 1 is 1.08 bits per heavy atom. The molecular weight excluding hydrogens is 371 g/mol. The third kappa shape index (κ3) is 5.63. The predicted octanol–water partition coefficient (Wildman–Crippen LogP) is 0.272. The molecule has 2 amide bonds. The summed E-state index contributed by atoms with van der Waals surface area (Å²) in [7, 11) is -5.58. The lowest BCUT2D eigenvalue weighted by Crippen LogP contribution is -2.45. The minimum Gasteiger partial charge on any atom is -0.459 e. The van der Waals surface area contributed by atoms with Gasteiger partial charge in [0, 0.05) is 11.3 Å². The number of esters is 1. The maximum atomic E-state index is 12.2. The number of nitrogens with one attached hydrogen (secondary N) is 3. The molecule has 13 heteroatoms. The summed E-state index contributed by atoms with van der Waals surface area (Å²) in [5, 5.41) is 0. The lowest BCUT2D eigenvalue weighted by Gasteiger charge is -2.11. The number of carbonyl (C=O) groups is 3. The molecule has 1 rings (SSSR count). The van der Waals surface area contributed by atoms with Crippen LogP contribution in [0.4, 0.5) is 18.9 Å². The Morgan fingerprint density at radius 3 is 2.12 bits per heavy atom. The Kier molecular flexibility index (Phi) is 6.33. The Hall–Kier alpha value is -2.83. The van der Waals surface area contributed by atoms with Crippen LogP contribution in [0.25, 0.3) is 0 Å². The van der Waals surface area contributed by atoms with E-state index in [9.17, 15) is 36.0 Å². The molecule has 0 aliphatic carbocycles. The number of halogens is 3. The fourth-order valence-corrected chi connectivity index (χ4v) is 1.90. The number of sulfonamides is 1. The molecule has 138 valence electrons. The van der Waals surface area contributed by atoms with Gasteiger partial charge in [0.1, 0.15) is 0 Å². The Bertz CT molecular complexity index is 761. The van der Waals surface area contributed by atoms with E-state index in [1.54, 1.807) is 5.43 Å². The number of carbonyl (C=O) groups excluding carboxylic acids is 3. The molecule has 0 atom stereocenters. The van der Waals surface area contributed by atoms with Crippen LogP contribution in [-0.4, -0.2) is 38.3 Å². The topological polar surface area (TPSA) is 131 Å². The van der Waals surface area contributed by atoms with E-state index in [1.807, 2.05) is 5.43 Å². The summed E-state index contributed by atoms with van der Waals surface area (Å²) in [6, 6.07) is 3.82. The zero-order valence-corrected chi connectivity index (χ0v) is 13.3. The summed E-state index contributed by atoms with van der Waals surface area (Å²) in [5.41, 5.74) is -2.40. The minimum atomic E-state index is -5.58. The van der Waals surface area contributed by atoms with Gasteiger partial charge in [-0.15, -0.1) is 0 Å². The van der Waals surface area contributed by atoms with E-state index in [0.29, 0.717) is 0 Å². The van der Waals surface area contributed by atoms with E-state index in [0.717, 1.165) is 24.3 Å². The van der Waals surface area contributed by atoms with Gasteiger partial charge in [-0.05, 0) is 31.2 Å². The largest absolute Gasteiger partial charge is 0.516 e. The lowest BCUT2D eigenvalue weighted by atomic mass is 10.2. The highest BCUT2D eigenvalue weighted by Gasteiger charge is 2.46. The smallest absolute Gasteiger partial charge is 0.459 e. The molecule has 0 radical (unpaired) electrons. The van der Waals surface area contributed by atoms with Crippen LogP contribution in [0.2, 0.25) is 0 Å². The first kappa shape index (κ1) is 20.2. The van der Waals surface area contributed by atoms with E-state index in [4.69, 9.17) is 0 Å². The quantitative estimate of drug-likeness (QED) is 0.389. The summed E-state index contributed by atoms with van der Waals surface area (Å²) in [6.45, 7) is 1.42. The minimum absolute atomic E-state index is 0.0461. The second-order valence-electron chi connectivity index (χ2n) is 4.26. The highest BCUT2D eigenvalue weighted by Crippen LogP contribution is 2.25. The maximum Gasteiger partial charge on any atom is 0.516 e. The Balaban J connectivity index is 2.69. The molecule has 25 heavy (non-hydrogen) atoms. The maximum absolute atomic E-state index is 12.2. The van der Waals surface area contributed by atoms with Gasteiger partial charge in [0.15, 0.2) is 0 Å². The fourth-order valence-electron chi connectivity index (χ4n) is 1.34. The molecule has 0 bridgehead atoms. The lowest BCUT2D eigenvalue weighted by molar-refractivity contribution is -0.154. The number of ether oxygens (including phenoxy) is 1. The standard InChI is InChI=1S/C12H12F3N3O6S/c1-2-24-11(21)10(20)17-16-9(19)7-3-5-8(6-4-7)18-25(22,23)12(13,14)15/h3-6,18H,2H2,1H3,(H,16,19)(H,17,20). The molecular formula is C12H12F3N3O6S. The number of alkyl halides is 3. The van der Waals surface area contributed by atoms with Crippen LogP contribution in [0, 0.1) is 0 Å². The highest BCUT2D eigenvalue weighted by atomic mass is 32.2. The van der Waals surface area contributed by atoms with Crippen molar-refractivity contribution in [3.05, 3.63) is 29.8 Å². The average molecular weight is 383 g/mol. The predicted molar refractivity (Wildman–Crippen MR) is 77.3 cm³/mol. The van der Waals surface area contributed by atoms with Crippen LogP contribution < -0.4 is 15.6 Å². The summed E-state index contributed by atoms with van der Waals surface area (Å²) in [5.74, 6) is -3.35. The first-order valence-corrected chi connectivity index (χ1v) is 7.93. The van der Waals surface area contributed by atoms with Crippen LogP contribution in [0.5, 0.6) is 0 Å². The van der Waals surface area contributed by atoms with Crippen molar-refractivity contribution in [2.45, 2.75) is 12.4 Å². The van der Waals surface area contributed by atoms with Crippen molar-refractivity contribution in [1.29, 1.82) is 0 Å². The van der Waals surface area contributed by atoms with Gasteiger partial charge in [-0.25, -0.2) is 4.79 Å².